The van der Waals surface area contributed by atoms with Crippen LogP contribution in [0.25, 0.3) is 0 Å². The lowest BCUT2D eigenvalue weighted by molar-refractivity contribution is -0.147. The zero-order valence-corrected chi connectivity index (χ0v) is 17.8. The van der Waals surface area contributed by atoms with Crippen LogP contribution in [0, 0.1) is 5.92 Å². The molecule has 0 saturated carbocycles. The number of esters is 1. The van der Waals surface area contributed by atoms with E-state index in [0.717, 1.165) is 44.2 Å². The van der Waals surface area contributed by atoms with Crippen molar-refractivity contribution in [1.82, 2.24) is 4.90 Å². The van der Waals surface area contributed by atoms with Crippen LogP contribution in [0.4, 0.5) is 0 Å². The topological polar surface area (TPSA) is 48.0 Å². The molecule has 5 nitrogen and oxygen atoms in total. The third kappa shape index (κ3) is 3.40. The van der Waals surface area contributed by atoms with Gasteiger partial charge in [-0.25, -0.2) is 0 Å². The predicted molar refractivity (Wildman–Crippen MR) is 110 cm³/mol. The highest BCUT2D eigenvalue weighted by Gasteiger charge is 2.51. The molecular weight excluding hydrogens is 353 g/mol. The highest BCUT2D eigenvalue weighted by atomic mass is 16.7. The summed E-state index contributed by atoms with van der Waals surface area (Å²) in [6.45, 7) is 10.3. The number of benzene rings is 1. The Morgan fingerprint density at radius 1 is 1.11 bits per heavy atom. The standard InChI is InChI=1S/C22H32BNO4/c1-21(2)22(3,4)28-23(27-21)17-7-8-18-16(14-17)6-9-19(18)24-12-10-15(11-13-24)20(25)26-5/h7-8,14-15,19H,6,9-13H2,1-5H3. The van der Waals surface area contributed by atoms with Crippen LogP contribution in [0.5, 0.6) is 0 Å². The second-order valence-electron chi connectivity index (χ2n) is 9.43. The van der Waals surface area contributed by atoms with E-state index < -0.39 is 0 Å². The molecule has 2 saturated heterocycles. The zero-order valence-electron chi connectivity index (χ0n) is 17.8. The summed E-state index contributed by atoms with van der Waals surface area (Å²) in [6, 6.07) is 7.17. The lowest BCUT2D eigenvalue weighted by atomic mass is 9.78. The number of methoxy groups -OCH3 is 1. The van der Waals surface area contributed by atoms with E-state index in [1.54, 1.807) is 0 Å². The van der Waals surface area contributed by atoms with Gasteiger partial charge in [0.2, 0.25) is 0 Å². The molecule has 4 rings (SSSR count). The van der Waals surface area contributed by atoms with Gasteiger partial charge in [0.05, 0.1) is 24.2 Å². The molecule has 2 heterocycles. The highest BCUT2D eigenvalue weighted by molar-refractivity contribution is 6.62. The van der Waals surface area contributed by atoms with Crippen molar-refractivity contribution in [2.75, 3.05) is 20.2 Å². The Hall–Kier alpha value is -1.37. The van der Waals surface area contributed by atoms with Crippen LogP contribution in [0.15, 0.2) is 18.2 Å². The molecule has 0 aromatic heterocycles. The van der Waals surface area contributed by atoms with Gasteiger partial charge >= 0.3 is 13.1 Å². The molecule has 2 fully saturated rings. The van der Waals surface area contributed by atoms with Gasteiger partial charge in [-0.05, 0) is 83.1 Å². The number of piperidine rings is 1. The maximum Gasteiger partial charge on any atom is 0.494 e. The maximum absolute atomic E-state index is 11.8. The van der Waals surface area contributed by atoms with E-state index in [2.05, 4.69) is 50.8 Å². The number of ether oxygens (including phenoxy) is 1. The summed E-state index contributed by atoms with van der Waals surface area (Å²) in [5, 5.41) is 0. The molecule has 0 radical (unpaired) electrons. The minimum atomic E-state index is -0.316. The number of fused-ring (bicyclic) bond motifs is 1. The molecule has 1 unspecified atom stereocenters. The first-order valence-electron chi connectivity index (χ1n) is 10.5. The third-order valence-corrected chi connectivity index (χ3v) is 7.24. The van der Waals surface area contributed by atoms with E-state index in [9.17, 15) is 4.79 Å². The number of hydrogen-bond donors (Lipinski definition) is 0. The number of aryl methyl sites for hydroxylation is 1. The number of nitrogens with zero attached hydrogens (tertiary/aromatic N) is 1. The average Bonchev–Trinajstić information content (AvgIpc) is 3.18. The number of carbonyl (C=O) groups excluding carboxylic acids is 1. The first-order valence-corrected chi connectivity index (χ1v) is 10.5. The van der Waals surface area contributed by atoms with Crippen molar-refractivity contribution in [3.8, 4) is 0 Å². The molecule has 2 aliphatic heterocycles. The summed E-state index contributed by atoms with van der Waals surface area (Å²) in [4.78, 5) is 14.3. The van der Waals surface area contributed by atoms with Gasteiger partial charge in [0.1, 0.15) is 0 Å². The number of carbonyl (C=O) groups is 1. The van der Waals surface area contributed by atoms with Gasteiger partial charge in [-0.3, -0.25) is 9.69 Å². The molecule has 0 amide bonds. The summed E-state index contributed by atoms with van der Waals surface area (Å²) in [5.41, 5.74) is 3.32. The van der Waals surface area contributed by atoms with E-state index in [1.807, 2.05) is 0 Å². The van der Waals surface area contributed by atoms with Crippen LogP contribution >= 0.6 is 0 Å². The molecule has 1 aromatic rings. The van der Waals surface area contributed by atoms with E-state index in [-0.39, 0.29) is 30.2 Å². The quantitative estimate of drug-likeness (QED) is 0.592. The Balaban J connectivity index is 1.46. The molecule has 6 heteroatoms. The van der Waals surface area contributed by atoms with Crippen LogP contribution in [0.2, 0.25) is 0 Å². The normalized spacial score (nSPS) is 27.0. The molecule has 28 heavy (non-hydrogen) atoms. The third-order valence-electron chi connectivity index (χ3n) is 7.24. The van der Waals surface area contributed by atoms with Crippen LogP contribution in [-0.2, 0) is 25.3 Å². The molecule has 1 atom stereocenters. The number of hydrogen-bond acceptors (Lipinski definition) is 5. The largest absolute Gasteiger partial charge is 0.494 e. The second kappa shape index (κ2) is 7.15. The van der Waals surface area contributed by atoms with Gasteiger partial charge in [0.25, 0.3) is 0 Å². The van der Waals surface area contributed by atoms with Crippen molar-refractivity contribution < 1.29 is 18.8 Å². The minimum absolute atomic E-state index is 0.0569. The fourth-order valence-electron chi connectivity index (χ4n) is 4.73. The summed E-state index contributed by atoms with van der Waals surface area (Å²) in [6.07, 6.45) is 4.02. The van der Waals surface area contributed by atoms with Gasteiger partial charge in [-0.2, -0.15) is 0 Å². The van der Waals surface area contributed by atoms with Crippen molar-refractivity contribution in [3.63, 3.8) is 0 Å². The first kappa shape index (κ1) is 19.9. The first-order chi connectivity index (χ1) is 13.2. The summed E-state index contributed by atoms with van der Waals surface area (Å²) >= 11 is 0. The lowest BCUT2D eigenvalue weighted by Gasteiger charge is -2.35. The van der Waals surface area contributed by atoms with Crippen molar-refractivity contribution in [2.45, 2.75) is 70.6 Å². The van der Waals surface area contributed by atoms with Crippen molar-refractivity contribution in [1.29, 1.82) is 0 Å². The molecular formula is C22H32BNO4. The van der Waals surface area contributed by atoms with E-state index in [0.29, 0.717) is 6.04 Å². The molecule has 1 aliphatic carbocycles. The second-order valence-corrected chi connectivity index (χ2v) is 9.43. The Morgan fingerprint density at radius 2 is 1.75 bits per heavy atom. The highest BCUT2D eigenvalue weighted by Crippen LogP contribution is 2.39. The molecule has 3 aliphatic rings. The van der Waals surface area contributed by atoms with Crippen LogP contribution in [-0.4, -0.2) is 49.4 Å². The van der Waals surface area contributed by atoms with Crippen LogP contribution < -0.4 is 5.46 Å². The predicted octanol–water partition coefficient (Wildman–Crippen LogP) is 2.86. The number of rotatable bonds is 3. The molecule has 152 valence electrons. The minimum Gasteiger partial charge on any atom is -0.469 e. The van der Waals surface area contributed by atoms with Crippen molar-refractivity contribution in [2.24, 2.45) is 5.92 Å². The smallest absolute Gasteiger partial charge is 0.469 e. The summed E-state index contributed by atoms with van der Waals surface area (Å²) in [5.74, 6) is 0.00592. The SMILES string of the molecule is COC(=O)C1CCN(C2CCc3cc(B4OC(C)(C)C(C)(C)O4)ccc32)CC1. The van der Waals surface area contributed by atoms with Crippen molar-refractivity contribution in [3.05, 3.63) is 29.3 Å². The zero-order chi connectivity index (χ0) is 20.1. The van der Waals surface area contributed by atoms with Crippen LogP contribution in [0.3, 0.4) is 0 Å². The van der Waals surface area contributed by atoms with E-state index >= 15 is 0 Å². The van der Waals surface area contributed by atoms with E-state index in [1.165, 1.54) is 18.2 Å². The maximum atomic E-state index is 11.8. The van der Waals surface area contributed by atoms with Gasteiger partial charge in [0, 0.05) is 6.04 Å². The fourth-order valence-corrected chi connectivity index (χ4v) is 4.73. The van der Waals surface area contributed by atoms with Crippen LogP contribution in [0.1, 0.15) is 64.1 Å². The lowest BCUT2D eigenvalue weighted by Crippen LogP contribution is -2.41. The Labute approximate surface area is 168 Å². The van der Waals surface area contributed by atoms with E-state index in [4.69, 9.17) is 14.0 Å². The van der Waals surface area contributed by atoms with Gasteiger partial charge < -0.3 is 14.0 Å². The van der Waals surface area contributed by atoms with Crippen molar-refractivity contribution >= 4 is 18.6 Å². The number of likely N-dealkylation sites (tertiary alicyclic amines) is 1. The fraction of sp³-hybridized carbons (Fsp3) is 0.682. The molecule has 0 N–H and O–H groups in total. The summed E-state index contributed by atoms with van der Waals surface area (Å²) in [7, 11) is 1.18. The Bertz CT molecular complexity index is 739. The van der Waals surface area contributed by atoms with Gasteiger partial charge in [-0.1, -0.05) is 18.2 Å². The molecule has 0 spiro atoms. The average molecular weight is 385 g/mol. The molecule has 0 bridgehead atoms. The Morgan fingerprint density at radius 3 is 2.36 bits per heavy atom. The Kier molecular flexibility index (Phi) is 5.09. The van der Waals surface area contributed by atoms with Gasteiger partial charge in [0.15, 0.2) is 0 Å². The van der Waals surface area contributed by atoms with Gasteiger partial charge in [-0.15, -0.1) is 0 Å². The molecule has 1 aromatic carbocycles. The monoisotopic (exact) mass is 385 g/mol. The summed E-state index contributed by atoms with van der Waals surface area (Å²) < 4.78 is 17.4.